The molecular formula is C21H25FN4O3S. The van der Waals surface area contributed by atoms with Crippen LogP contribution in [0.2, 0.25) is 0 Å². The molecule has 30 heavy (non-hydrogen) atoms. The number of rotatable bonds is 6. The minimum Gasteiger partial charge on any atom is -0.492 e. The zero-order chi connectivity index (χ0) is 21.4. The molecule has 3 heterocycles. The van der Waals surface area contributed by atoms with Gasteiger partial charge in [0.2, 0.25) is 10.0 Å². The van der Waals surface area contributed by atoms with Gasteiger partial charge < -0.3 is 15.0 Å². The van der Waals surface area contributed by atoms with Gasteiger partial charge in [0.1, 0.15) is 17.2 Å². The minimum atomic E-state index is -3.72. The molecule has 1 saturated heterocycles. The first-order valence-electron chi connectivity index (χ1n) is 9.86. The molecule has 1 aliphatic rings. The molecule has 1 aromatic carbocycles. The van der Waals surface area contributed by atoms with Gasteiger partial charge >= 0.3 is 0 Å². The highest BCUT2D eigenvalue weighted by molar-refractivity contribution is 7.89. The number of fused-ring (bicyclic) bond motifs is 1. The van der Waals surface area contributed by atoms with Crippen molar-refractivity contribution in [2.24, 2.45) is 5.41 Å². The molecule has 0 spiro atoms. The van der Waals surface area contributed by atoms with Crippen molar-refractivity contribution in [3.8, 4) is 16.9 Å². The lowest BCUT2D eigenvalue weighted by molar-refractivity contribution is 0.124. The second kappa shape index (κ2) is 7.98. The molecule has 0 unspecified atom stereocenters. The van der Waals surface area contributed by atoms with Crippen molar-refractivity contribution >= 4 is 21.1 Å². The van der Waals surface area contributed by atoms with E-state index in [9.17, 15) is 12.8 Å². The molecular weight excluding hydrogens is 407 g/mol. The highest BCUT2D eigenvalue weighted by Gasteiger charge is 2.28. The topological polar surface area (TPSA) is 96.1 Å². The lowest BCUT2D eigenvalue weighted by atomic mass is 9.82. The van der Waals surface area contributed by atoms with Crippen molar-refractivity contribution in [2.75, 3.05) is 26.7 Å². The molecule has 0 radical (unpaired) electrons. The van der Waals surface area contributed by atoms with Crippen LogP contribution in [-0.4, -0.2) is 45.1 Å². The summed E-state index contributed by atoms with van der Waals surface area (Å²) in [5.41, 5.74) is 1.52. The van der Waals surface area contributed by atoms with E-state index in [0.29, 0.717) is 29.0 Å². The van der Waals surface area contributed by atoms with E-state index in [1.165, 1.54) is 19.2 Å². The van der Waals surface area contributed by atoms with E-state index in [1.54, 1.807) is 18.5 Å². The van der Waals surface area contributed by atoms with Crippen LogP contribution in [0.15, 0.2) is 41.6 Å². The van der Waals surface area contributed by atoms with Crippen molar-refractivity contribution in [3.05, 3.63) is 42.5 Å². The van der Waals surface area contributed by atoms with Crippen LogP contribution in [0.5, 0.6) is 5.75 Å². The van der Waals surface area contributed by atoms with Crippen LogP contribution >= 0.6 is 0 Å². The lowest BCUT2D eigenvalue weighted by Gasteiger charge is -2.33. The maximum absolute atomic E-state index is 14.9. The van der Waals surface area contributed by atoms with E-state index in [0.717, 1.165) is 32.0 Å². The Balaban J connectivity index is 1.71. The summed E-state index contributed by atoms with van der Waals surface area (Å²) in [6.45, 7) is 4.70. The third-order valence-electron chi connectivity index (χ3n) is 5.73. The highest BCUT2D eigenvalue weighted by atomic mass is 32.2. The van der Waals surface area contributed by atoms with Gasteiger partial charge in [-0.05, 0) is 51.2 Å². The summed E-state index contributed by atoms with van der Waals surface area (Å²) in [5, 5.41) is 4.04. The average molecular weight is 433 g/mol. The Kier molecular flexibility index (Phi) is 5.52. The summed E-state index contributed by atoms with van der Waals surface area (Å²) >= 11 is 0. The van der Waals surface area contributed by atoms with Gasteiger partial charge in [-0.3, -0.25) is 0 Å². The molecule has 0 aliphatic carbocycles. The number of sulfonamides is 1. The van der Waals surface area contributed by atoms with Gasteiger partial charge in [0, 0.05) is 28.9 Å². The Bertz CT molecular complexity index is 1170. The van der Waals surface area contributed by atoms with Crippen LogP contribution in [0, 0.1) is 11.2 Å². The van der Waals surface area contributed by atoms with E-state index in [1.807, 2.05) is 0 Å². The number of nitrogens with zero attached hydrogens (tertiary/aromatic N) is 1. The summed E-state index contributed by atoms with van der Waals surface area (Å²) in [4.78, 5) is 7.26. The molecule has 0 bridgehead atoms. The van der Waals surface area contributed by atoms with Crippen LogP contribution < -0.4 is 14.8 Å². The molecule has 9 heteroatoms. The summed E-state index contributed by atoms with van der Waals surface area (Å²) in [7, 11) is -2.43. The summed E-state index contributed by atoms with van der Waals surface area (Å²) in [6, 6.07) is 5.65. The Morgan fingerprint density at radius 1 is 1.23 bits per heavy atom. The van der Waals surface area contributed by atoms with E-state index in [2.05, 4.69) is 26.9 Å². The smallest absolute Gasteiger partial charge is 0.240 e. The lowest BCUT2D eigenvalue weighted by Crippen LogP contribution is -2.38. The Labute approximate surface area is 175 Å². The van der Waals surface area contributed by atoms with E-state index < -0.39 is 15.8 Å². The number of hydrogen-bond acceptors (Lipinski definition) is 5. The number of nitrogens with one attached hydrogen (secondary N) is 3. The van der Waals surface area contributed by atoms with Crippen molar-refractivity contribution in [3.63, 3.8) is 0 Å². The molecule has 0 saturated carbocycles. The third-order valence-corrected chi connectivity index (χ3v) is 7.14. The Hall–Kier alpha value is -2.49. The maximum atomic E-state index is 14.9. The van der Waals surface area contributed by atoms with Crippen molar-refractivity contribution < 1.29 is 17.5 Å². The van der Waals surface area contributed by atoms with Gasteiger partial charge in [0.25, 0.3) is 0 Å². The SMILES string of the molecule is CNS(=O)(=O)c1ccc(-c2c[nH]c3nccc(OCC4(C)CCNCC4)c23)c(F)c1. The standard InChI is InChI=1S/C21H25FN4O3S/c1-21(6-9-24-10-7-21)13-29-18-5-8-25-20-19(18)16(12-26-20)15-4-3-14(11-17(15)22)30(27,28)23-2/h3-5,8,11-12,23-24H,6-7,9-10,13H2,1-2H3,(H,25,26). The number of piperidine rings is 1. The molecule has 3 aromatic rings. The first kappa shape index (κ1) is 20.8. The first-order valence-corrected chi connectivity index (χ1v) is 11.3. The van der Waals surface area contributed by atoms with Crippen molar-refractivity contribution in [1.29, 1.82) is 0 Å². The number of benzene rings is 1. The zero-order valence-electron chi connectivity index (χ0n) is 17.0. The molecule has 4 rings (SSSR count). The Morgan fingerprint density at radius 2 is 2.00 bits per heavy atom. The van der Waals surface area contributed by atoms with Crippen LogP contribution in [0.4, 0.5) is 4.39 Å². The van der Waals surface area contributed by atoms with Crippen LogP contribution in [0.1, 0.15) is 19.8 Å². The number of H-pyrrole nitrogens is 1. The van der Waals surface area contributed by atoms with Gasteiger partial charge in [-0.1, -0.05) is 13.0 Å². The van der Waals surface area contributed by atoms with Crippen molar-refractivity contribution in [1.82, 2.24) is 20.0 Å². The molecule has 160 valence electrons. The largest absolute Gasteiger partial charge is 0.492 e. The maximum Gasteiger partial charge on any atom is 0.240 e. The molecule has 0 amide bonds. The first-order chi connectivity index (χ1) is 14.3. The summed E-state index contributed by atoms with van der Waals surface area (Å²) in [6.07, 6.45) is 5.37. The average Bonchev–Trinajstić information content (AvgIpc) is 3.17. The number of halogens is 1. The monoisotopic (exact) mass is 432 g/mol. The molecule has 0 atom stereocenters. The zero-order valence-corrected chi connectivity index (χ0v) is 17.8. The van der Waals surface area contributed by atoms with Gasteiger partial charge in [-0.2, -0.15) is 0 Å². The van der Waals surface area contributed by atoms with Crippen LogP contribution in [0.25, 0.3) is 22.2 Å². The van der Waals surface area contributed by atoms with Crippen LogP contribution in [0.3, 0.4) is 0 Å². The third kappa shape index (κ3) is 3.92. The summed E-state index contributed by atoms with van der Waals surface area (Å²) in [5.74, 6) is -0.00493. The number of ether oxygens (including phenoxy) is 1. The number of aromatic amines is 1. The normalized spacial score (nSPS) is 16.6. The molecule has 2 aromatic heterocycles. The predicted octanol–water partition coefficient (Wildman–Crippen LogP) is 3.05. The van der Waals surface area contributed by atoms with Gasteiger partial charge in [0.05, 0.1) is 16.9 Å². The quantitative estimate of drug-likeness (QED) is 0.556. The number of pyridine rings is 1. The second-order valence-electron chi connectivity index (χ2n) is 7.93. The number of hydrogen-bond donors (Lipinski definition) is 3. The van der Waals surface area contributed by atoms with Gasteiger partial charge in [0.15, 0.2) is 0 Å². The highest BCUT2D eigenvalue weighted by Crippen LogP contribution is 2.37. The molecule has 1 fully saturated rings. The van der Waals surface area contributed by atoms with Crippen LogP contribution in [-0.2, 0) is 10.0 Å². The van der Waals surface area contributed by atoms with E-state index in [-0.39, 0.29) is 15.9 Å². The molecule has 1 aliphatic heterocycles. The number of aromatic nitrogens is 2. The molecule has 3 N–H and O–H groups in total. The van der Waals surface area contributed by atoms with Gasteiger partial charge in [-0.15, -0.1) is 0 Å². The van der Waals surface area contributed by atoms with E-state index >= 15 is 0 Å². The second-order valence-corrected chi connectivity index (χ2v) is 9.82. The minimum absolute atomic E-state index is 0.0751. The molecule has 7 nitrogen and oxygen atoms in total. The Morgan fingerprint density at radius 3 is 2.70 bits per heavy atom. The summed E-state index contributed by atoms with van der Waals surface area (Å²) < 4.78 is 47.2. The fraction of sp³-hybridized carbons (Fsp3) is 0.381. The predicted molar refractivity (Wildman–Crippen MR) is 113 cm³/mol. The fourth-order valence-corrected chi connectivity index (χ4v) is 4.53. The van der Waals surface area contributed by atoms with Gasteiger partial charge in [-0.25, -0.2) is 22.5 Å². The van der Waals surface area contributed by atoms with Crippen molar-refractivity contribution in [2.45, 2.75) is 24.7 Å². The fourth-order valence-electron chi connectivity index (χ4n) is 3.79. The van der Waals surface area contributed by atoms with E-state index in [4.69, 9.17) is 4.74 Å².